The molecule has 1 atom stereocenters. The first-order valence-corrected chi connectivity index (χ1v) is 8.51. The molecule has 4 rings (SSSR count). The van der Waals surface area contributed by atoms with Gasteiger partial charge in [0.25, 0.3) is 5.89 Å². The number of ether oxygens (including phenoxy) is 1. The maximum absolute atomic E-state index is 13.0. The summed E-state index contributed by atoms with van der Waals surface area (Å²) in [7, 11) is 0. The molecule has 0 radical (unpaired) electrons. The largest absolute Gasteiger partial charge is 0.448 e. The number of halogens is 1. The standard InChI is InChI=1S/C20H15FN4O3/c1-12(18-24-25-19(28-18)14-7-9-15(21)10-8-14)27-20(26)17-11-16(22-23-17)13-5-3-2-4-6-13/h2-12H,1H3,(H,22,23)/t12-/m0/s1. The third-order valence-electron chi connectivity index (χ3n) is 4.03. The van der Waals surface area contributed by atoms with Gasteiger partial charge in [0.2, 0.25) is 5.89 Å². The van der Waals surface area contributed by atoms with Crippen LogP contribution >= 0.6 is 0 Å². The molecule has 0 saturated heterocycles. The number of nitrogens with zero attached hydrogens (tertiary/aromatic N) is 3. The topological polar surface area (TPSA) is 93.9 Å². The van der Waals surface area contributed by atoms with Crippen LogP contribution in [0, 0.1) is 5.82 Å². The summed E-state index contributed by atoms with van der Waals surface area (Å²) >= 11 is 0. The predicted molar refractivity (Wildman–Crippen MR) is 97.5 cm³/mol. The summed E-state index contributed by atoms with van der Waals surface area (Å²) in [4.78, 5) is 12.4. The molecule has 8 heteroatoms. The van der Waals surface area contributed by atoms with Gasteiger partial charge in [-0.1, -0.05) is 30.3 Å². The molecule has 0 amide bonds. The number of H-pyrrole nitrogens is 1. The van der Waals surface area contributed by atoms with Crippen LogP contribution in [0.15, 0.2) is 65.1 Å². The molecule has 0 aliphatic rings. The number of hydrogen-bond donors (Lipinski definition) is 1. The Labute approximate surface area is 159 Å². The first-order valence-electron chi connectivity index (χ1n) is 8.51. The molecule has 0 spiro atoms. The van der Waals surface area contributed by atoms with Crippen molar-refractivity contribution < 1.29 is 18.3 Å². The van der Waals surface area contributed by atoms with Gasteiger partial charge < -0.3 is 9.15 Å². The highest BCUT2D eigenvalue weighted by Gasteiger charge is 2.21. The fraction of sp³-hybridized carbons (Fsp3) is 0.100. The van der Waals surface area contributed by atoms with E-state index < -0.39 is 12.1 Å². The van der Waals surface area contributed by atoms with Crippen molar-refractivity contribution in [3.63, 3.8) is 0 Å². The van der Waals surface area contributed by atoms with E-state index in [9.17, 15) is 9.18 Å². The average molecular weight is 378 g/mol. The highest BCUT2D eigenvalue weighted by atomic mass is 19.1. The van der Waals surface area contributed by atoms with Crippen LogP contribution in [0.1, 0.15) is 29.4 Å². The Morgan fingerprint density at radius 1 is 1.07 bits per heavy atom. The predicted octanol–water partition coefficient (Wildman–Crippen LogP) is 4.18. The molecule has 2 heterocycles. The Bertz CT molecular complexity index is 1090. The summed E-state index contributed by atoms with van der Waals surface area (Å²) in [6.07, 6.45) is -0.766. The second-order valence-corrected chi connectivity index (χ2v) is 6.03. The van der Waals surface area contributed by atoms with Crippen molar-refractivity contribution in [2.45, 2.75) is 13.0 Å². The Kier molecular flexibility index (Phi) is 4.67. The van der Waals surface area contributed by atoms with Crippen molar-refractivity contribution in [3.8, 4) is 22.7 Å². The lowest BCUT2D eigenvalue weighted by atomic mass is 10.1. The van der Waals surface area contributed by atoms with Gasteiger partial charge in [-0.25, -0.2) is 9.18 Å². The highest BCUT2D eigenvalue weighted by Crippen LogP contribution is 2.24. The van der Waals surface area contributed by atoms with Crippen LogP contribution in [-0.2, 0) is 4.74 Å². The second kappa shape index (κ2) is 7.43. The van der Waals surface area contributed by atoms with E-state index in [1.54, 1.807) is 13.0 Å². The molecule has 2 aromatic carbocycles. The van der Waals surface area contributed by atoms with Gasteiger partial charge in [0.05, 0.1) is 5.69 Å². The van der Waals surface area contributed by atoms with Gasteiger partial charge >= 0.3 is 5.97 Å². The van der Waals surface area contributed by atoms with Crippen molar-refractivity contribution in [3.05, 3.63) is 78.1 Å². The fourth-order valence-corrected chi connectivity index (χ4v) is 2.57. The molecular weight excluding hydrogens is 363 g/mol. The number of nitrogens with one attached hydrogen (secondary N) is 1. The van der Waals surface area contributed by atoms with Crippen LogP contribution in [0.3, 0.4) is 0 Å². The van der Waals surface area contributed by atoms with Crippen molar-refractivity contribution >= 4 is 5.97 Å². The lowest BCUT2D eigenvalue weighted by molar-refractivity contribution is 0.0273. The van der Waals surface area contributed by atoms with Gasteiger partial charge in [0.1, 0.15) is 11.5 Å². The van der Waals surface area contributed by atoms with E-state index in [1.807, 2.05) is 30.3 Å². The minimum Gasteiger partial charge on any atom is -0.448 e. The van der Waals surface area contributed by atoms with E-state index in [-0.39, 0.29) is 23.3 Å². The van der Waals surface area contributed by atoms with Crippen LogP contribution in [0.5, 0.6) is 0 Å². The summed E-state index contributed by atoms with van der Waals surface area (Å²) in [5, 5.41) is 14.6. The quantitative estimate of drug-likeness (QED) is 0.524. The Morgan fingerprint density at radius 2 is 1.82 bits per heavy atom. The van der Waals surface area contributed by atoms with E-state index in [2.05, 4.69) is 20.4 Å². The summed E-state index contributed by atoms with van der Waals surface area (Å²) in [5.41, 5.74) is 2.30. The number of benzene rings is 2. The highest BCUT2D eigenvalue weighted by molar-refractivity contribution is 5.88. The van der Waals surface area contributed by atoms with Gasteiger partial charge in [-0.2, -0.15) is 5.10 Å². The zero-order valence-corrected chi connectivity index (χ0v) is 14.8. The molecular formula is C20H15FN4O3. The summed E-state index contributed by atoms with van der Waals surface area (Å²) in [6.45, 7) is 1.62. The molecule has 0 aliphatic heterocycles. The van der Waals surface area contributed by atoms with Gasteiger partial charge in [0.15, 0.2) is 6.10 Å². The smallest absolute Gasteiger partial charge is 0.357 e. The van der Waals surface area contributed by atoms with E-state index in [1.165, 1.54) is 24.3 Å². The first-order chi connectivity index (χ1) is 13.6. The molecule has 0 saturated carbocycles. The van der Waals surface area contributed by atoms with Gasteiger partial charge in [-0.15, -0.1) is 10.2 Å². The lowest BCUT2D eigenvalue weighted by Crippen LogP contribution is -2.10. The van der Waals surface area contributed by atoms with E-state index in [0.29, 0.717) is 11.3 Å². The Hall–Kier alpha value is -3.81. The van der Waals surface area contributed by atoms with Crippen molar-refractivity contribution in [1.29, 1.82) is 0 Å². The van der Waals surface area contributed by atoms with E-state index >= 15 is 0 Å². The first kappa shape index (κ1) is 17.6. The maximum atomic E-state index is 13.0. The molecule has 7 nitrogen and oxygen atoms in total. The van der Waals surface area contributed by atoms with Crippen LogP contribution in [0.4, 0.5) is 4.39 Å². The molecule has 0 aliphatic carbocycles. The zero-order chi connectivity index (χ0) is 19.5. The van der Waals surface area contributed by atoms with Crippen LogP contribution in [-0.4, -0.2) is 26.4 Å². The molecule has 0 bridgehead atoms. The molecule has 0 fully saturated rings. The Morgan fingerprint density at radius 3 is 2.57 bits per heavy atom. The van der Waals surface area contributed by atoms with Crippen LogP contribution < -0.4 is 0 Å². The normalized spacial score (nSPS) is 11.9. The van der Waals surface area contributed by atoms with Gasteiger partial charge in [-0.3, -0.25) is 5.10 Å². The Balaban J connectivity index is 1.45. The van der Waals surface area contributed by atoms with Crippen molar-refractivity contribution in [2.75, 3.05) is 0 Å². The fourth-order valence-electron chi connectivity index (χ4n) is 2.57. The van der Waals surface area contributed by atoms with Gasteiger partial charge in [0, 0.05) is 11.1 Å². The summed E-state index contributed by atoms with van der Waals surface area (Å²) in [6, 6.07) is 16.7. The van der Waals surface area contributed by atoms with E-state index in [4.69, 9.17) is 9.15 Å². The number of aromatic amines is 1. The SMILES string of the molecule is C[C@H](OC(=O)c1cc(-c2ccccc2)n[nH]1)c1nnc(-c2ccc(F)cc2)o1. The number of rotatable bonds is 5. The number of hydrogen-bond acceptors (Lipinski definition) is 6. The number of carbonyl (C=O) groups excluding carboxylic acids is 1. The third-order valence-corrected chi connectivity index (χ3v) is 4.03. The molecule has 140 valence electrons. The second-order valence-electron chi connectivity index (χ2n) is 6.03. The monoisotopic (exact) mass is 378 g/mol. The average Bonchev–Trinajstić information content (AvgIpc) is 3.39. The third kappa shape index (κ3) is 3.66. The molecule has 0 unspecified atom stereocenters. The molecule has 28 heavy (non-hydrogen) atoms. The van der Waals surface area contributed by atoms with Crippen LogP contribution in [0.25, 0.3) is 22.7 Å². The number of aromatic nitrogens is 4. The van der Waals surface area contributed by atoms with Crippen molar-refractivity contribution in [2.24, 2.45) is 0 Å². The maximum Gasteiger partial charge on any atom is 0.357 e. The molecule has 1 N–H and O–H groups in total. The van der Waals surface area contributed by atoms with E-state index in [0.717, 1.165) is 5.56 Å². The molecule has 4 aromatic rings. The van der Waals surface area contributed by atoms with Crippen LogP contribution in [0.2, 0.25) is 0 Å². The summed E-state index contributed by atoms with van der Waals surface area (Å²) < 4.78 is 23.9. The molecule has 2 aromatic heterocycles. The summed E-state index contributed by atoms with van der Waals surface area (Å²) in [5.74, 6) is -0.606. The minimum atomic E-state index is -0.766. The number of esters is 1. The van der Waals surface area contributed by atoms with Crippen molar-refractivity contribution in [1.82, 2.24) is 20.4 Å². The minimum absolute atomic E-state index is 0.135. The van der Waals surface area contributed by atoms with Gasteiger partial charge in [-0.05, 0) is 37.3 Å². The number of carbonyl (C=O) groups is 1. The lowest BCUT2D eigenvalue weighted by Gasteiger charge is -2.07. The zero-order valence-electron chi connectivity index (χ0n) is 14.8.